The first-order valence-corrected chi connectivity index (χ1v) is 10.9. The summed E-state index contributed by atoms with van der Waals surface area (Å²) < 4.78 is 5.14. The zero-order valence-corrected chi connectivity index (χ0v) is 19.7. The molecule has 0 radical (unpaired) electrons. The predicted octanol–water partition coefficient (Wildman–Crippen LogP) is 1.05. The zero-order chi connectivity index (χ0) is 25.5. The van der Waals surface area contributed by atoms with E-state index in [-0.39, 0.29) is 24.4 Å². The van der Waals surface area contributed by atoms with Gasteiger partial charge in [-0.05, 0) is 59.0 Å². The lowest BCUT2D eigenvalue weighted by atomic mass is 9.96. The van der Waals surface area contributed by atoms with E-state index in [4.69, 9.17) is 24.3 Å². The summed E-state index contributed by atoms with van der Waals surface area (Å²) in [5.74, 6) is 2.01. The third-order valence-electron chi connectivity index (χ3n) is 5.38. The minimum atomic E-state index is -0.250. The Hall–Kier alpha value is -3.54. The number of hydrogen-bond acceptors (Lipinski definition) is 8. The predicted molar refractivity (Wildman–Crippen MR) is 122 cm³/mol. The number of carbonyl (C=O) groups excluding carboxylic acids is 1. The smallest absolute Gasteiger partial charge is 0.290 e. The summed E-state index contributed by atoms with van der Waals surface area (Å²) in [6, 6.07) is 1.57. The molecule has 1 saturated heterocycles. The summed E-state index contributed by atoms with van der Waals surface area (Å²) in [5, 5.41) is 20.8. The Kier molecular flexibility index (Phi) is 12.8. The largest absolute Gasteiger partial charge is 0.483 e. The highest BCUT2D eigenvalue weighted by Gasteiger charge is 2.20. The Balaban J connectivity index is 0.000000872. The van der Waals surface area contributed by atoms with Gasteiger partial charge in [-0.15, -0.1) is 0 Å². The first-order chi connectivity index (χ1) is 16.2. The Morgan fingerprint density at radius 1 is 1.24 bits per heavy atom. The Morgan fingerprint density at radius 3 is 2.38 bits per heavy atom. The van der Waals surface area contributed by atoms with E-state index in [9.17, 15) is 9.59 Å². The molecule has 2 aromatic heterocycles. The van der Waals surface area contributed by atoms with Crippen molar-refractivity contribution < 1.29 is 29.1 Å². The zero-order valence-electron chi connectivity index (χ0n) is 19.7. The summed E-state index contributed by atoms with van der Waals surface area (Å²) in [6.45, 7) is 8.40. The molecule has 0 atom stereocenters. The second-order valence-corrected chi connectivity index (χ2v) is 7.86. The van der Waals surface area contributed by atoms with E-state index in [0.29, 0.717) is 31.1 Å². The number of amides is 1. The number of likely N-dealkylation sites (tertiary alicyclic amines) is 1. The Bertz CT molecular complexity index is 939. The van der Waals surface area contributed by atoms with E-state index in [1.807, 2.05) is 13.8 Å². The number of hydrogen-bond donors (Lipinski definition) is 4. The molecule has 0 aliphatic carbocycles. The molecular formula is C22H33N5O7. The van der Waals surface area contributed by atoms with E-state index in [2.05, 4.69) is 25.3 Å². The first kappa shape index (κ1) is 28.5. The second kappa shape index (κ2) is 15.3. The number of aromatic nitrogens is 3. The lowest BCUT2D eigenvalue weighted by Gasteiger charge is -2.31. The van der Waals surface area contributed by atoms with Crippen molar-refractivity contribution >= 4 is 18.9 Å². The highest BCUT2D eigenvalue weighted by molar-refractivity contribution is 5.76. The van der Waals surface area contributed by atoms with E-state index in [0.717, 1.165) is 55.2 Å². The summed E-state index contributed by atoms with van der Waals surface area (Å²) >= 11 is 0. The van der Waals surface area contributed by atoms with Gasteiger partial charge >= 0.3 is 0 Å². The molecule has 0 unspecified atom stereocenters. The maximum Gasteiger partial charge on any atom is 0.290 e. The van der Waals surface area contributed by atoms with Crippen molar-refractivity contribution in [1.82, 2.24) is 25.3 Å². The van der Waals surface area contributed by atoms with Gasteiger partial charge in [0.05, 0.1) is 11.4 Å². The lowest BCUT2D eigenvalue weighted by Crippen LogP contribution is -2.38. The van der Waals surface area contributed by atoms with Crippen LogP contribution in [0.1, 0.15) is 47.8 Å². The molecule has 4 N–H and O–H groups in total. The Labute approximate surface area is 197 Å². The van der Waals surface area contributed by atoms with Crippen molar-refractivity contribution in [3.8, 4) is 0 Å². The fourth-order valence-electron chi connectivity index (χ4n) is 3.74. The van der Waals surface area contributed by atoms with Crippen LogP contribution in [0.3, 0.4) is 0 Å². The van der Waals surface area contributed by atoms with Crippen molar-refractivity contribution in [2.45, 2.75) is 53.0 Å². The summed E-state index contributed by atoms with van der Waals surface area (Å²) in [5.41, 5.74) is 2.61. The van der Waals surface area contributed by atoms with Crippen molar-refractivity contribution in [3.63, 3.8) is 0 Å². The van der Waals surface area contributed by atoms with Crippen LogP contribution >= 0.6 is 0 Å². The molecule has 12 heteroatoms. The molecule has 3 rings (SSSR count). The van der Waals surface area contributed by atoms with Crippen molar-refractivity contribution in [3.05, 3.63) is 45.0 Å². The molecule has 1 aliphatic heterocycles. The van der Waals surface area contributed by atoms with Crippen LogP contribution in [0.4, 0.5) is 0 Å². The monoisotopic (exact) mass is 479 g/mol. The summed E-state index contributed by atoms with van der Waals surface area (Å²) in [7, 11) is 0. The number of nitrogens with one attached hydrogen (secondary N) is 2. The average molecular weight is 480 g/mol. The second-order valence-electron chi connectivity index (χ2n) is 7.86. The van der Waals surface area contributed by atoms with E-state index < -0.39 is 0 Å². The Morgan fingerprint density at radius 2 is 1.85 bits per heavy atom. The van der Waals surface area contributed by atoms with Gasteiger partial charge in [-0.2, -0.15) is 0 Å². The highest BCUT2D eigenvalue weighted by atomic mass is 16.5. The standard InChI is InChI=1S/C20H29N5O3.2CH2O2/c1-13-18(14(2)28-24-13)4-5-19(26)21-11-16-6-8-25(9-7-16)12-17-10-20(27)23-15(3)22-17;2*2-1-3/h10,16H,4-9,11-12H2,1-3H3,(H,21,26)(H,22,23,27);2*1H,(H,2,3). The quantitative estimate of drug-likeness (QED) is 0.419. The minimum absolute atomic E-state index is 0.0746. The van der Waals surface area contributed by atoms with E-state index in [1.165, 1.54) is 0 Å². The van der Waals surface area contributed by atoms with Crippen LogP contribution in [0.5, 0.6) is 0 Å². The lowest BCUT2D eigenvalue weighted by molar-refractivity contribution is -0.123. The van der Waals surface area contributed by atoms with Gasteiger partial charge in [-0.3, -0.25) is 24.1 Å². The van der Waals surface area contributed by atoms with Gasteiger partial charge in [0.2, 0.25) is 5.91 Å². The van der Waals surface area contributed by atoms with E-state index >= 15 is 0 Å². The van der Waals surface area contributed by atoms with Gasteiger partial charge in [-0.25, -0.2) is 4.98 Å². The SMILES string of the molecule is Cc1nc(CN2CCC(CNC(=O)CCc3c(C)noc3C)CC2)cc(=O)[nH]1.O=CO.O=CO. The summed E-state index contributed by atoms with van der Waals surface area (Å²) in [4.78, 5) is 49.8. The van der Waals surface area contributed by atoms with Crippen LogP contribution in [-0.2, 0) is 27.3 Å². The fourth-order valence-corrected chi connectivity index (χ4v) is 3.74. The molecule has 0 aromatic carbocycles. The first-order valence-electron chi connectivity index (χ1n) is 10.9. The number of H-pyrrole nitrogens is 1. The number of carboxylic acid groups (broad SMARTS) is 2. The van der Waals surface area contributed by atoms with Crippen LogP contribution in [0, 0.1) is 26.7 Å². The molecule has 188 valence electrons. The molecule has 3 heterocycles. The number of piperidine rings is 1. The number of rotatable bonds is 7. The van der Waals surface area contributed by atoms with Gasteiger partial charge < -0.3 is 25.0 Å². The average Bonchev–Trinajstić information content (AvgIpc) is 3.09. The highest BCUT2D eigenvalue weighted by Crippen LogP contribution is 2.18. The maximum atomic E-state index is 12.2. The maximum absolute atomic E-state index is 12.2. The van der Waals surface area contributed by atoms with Crippen molar-refractivity contribution in [2.75, 3.05) is 19.6 Å². The topological polar surface area (TPSA) is 179 Å². The third-order valence-corrected chi connectivity index (χ3v) is 5.38. The molecule has 1 amide bonds. The number of aromatic amines is 1. The van der Waals surface area contributed by atoms with Crippen LogP contribution < -0.4 is 10.9 Å². The van der Waals surface area contributed by atoms with Gasteiger partial charge in [0, 0.05) is 31.1 Å². The van der Waals surface area contributed by atoms with Gasteiger partial charge in [0.25, 0.3) is 18.5 Å². The molecule has 1 aliphatic rings. The van der Waals surface area contributed by atoms with Crippen LogP contribution in [-0.4, -0.2) is 68.7 Å². The molecular weight excluding hydrogens is 446 g/mol. The fraction of sp³-hybridized carbons (Fsp3) is 0.545. The van der Waals surface area contributed by atoms with Gasteiger partial charge in [0.15, 0.2) is 0 Å². The summed E-state index contributed by atoms with van der Waals surface area (Å²) in [6.07, 6.45) is 3.18. The van der Waals surface area contributed by atoms with Gasteiger partial charge in [0.1, 0.15) is 11.6 Å². The molecule has 34 heavy (non-hydrogen) atoms. The normalized spacial score (nSPS) is 13.6. The molecule has 1 fully saturated rings. The van der Waals surface area contributed by atoms with E-state index in [1.54, 1.807) is 13.0 Å². The minimum Gasteiger partial charge on any atom is -0.483 e. The molecule has 0 spiro atoms. The molecule has 0 bridgehead atoms. The molecule has 12 nitrogen and oxygen atoms in total. The van der Waals surface area contributed by atoms with Crippen LogP contribution in [0.15, 0.2) is 15.4 Å². The van der Waals surface area contributed by atoms with Crippen molar-refractivity contribution in [1.29, 1.82) is 0 Å². The number of aryl methyl sites for hydroxylation is 3. The van der Waals surface area contributed by atoms with Crippen LogP contribution in [0.2, 0.25) is 0 Å². The molecule has 2 aromatic rings. The molecule has 0 saturated carbocycles. The van der Waals surface area contributed by atoms with Gasteiger partial charge in [-0.1, -0.05) is 5.16 Å². The van der Waals surface area contributed by atoms with Crippen LogP contribution in [0.25, 0.3) is 0 Å². The van der Waals surface area contributed by atoms with Crippen molar-refractivity contribution in [2.24, 2.45) is 5.92 Å². The third kappa shape index (κ3) is 10.4. The number of nitrogens with zero attached hydrogens (tertiary/aromatic N) is 3. The number of carbonyl (C=O) groups is 3.